The molecular weight excluding hydrogens is 292 g/mol. The molecule has 0 radical (unpaired) electrons. The molecule has 0 aliphatic heterocycles. The number of ether oxygens (including phenoxy) is 1. The van der Waals surface area contributed by atoms with Gasteiger partial charge in [0.25, 0.3) is 0 Å². The van der Waals surface area contributed by atoms with Crippen molar-refractivity contribution in [2.75, 3.05) is 32.1 Å². The monoisotopic (exact) mass is 320 g/mol. The molecule has 128 valence electrons. The molecule has 0 fully saturated rings. The summed E-state index contributed by atoms with van der Waals surface area (Å²) in [7, 11) is 1.34. The molecule has 5 heteroatoms. The molecule has 1 rings (SSSR count). The topological polar surface area (TPSA) is 58.6 Å². The summed E-state index contributed by atoms with van der Waals surface area (Å²) in [5.41, 5.74) is 1.03. The molecule has 0 unspecified atom stereocenters. The normalized spacial score (nSPS) is 11.1. The molecule has 0 bridgehead atoms. The summed E-state index contributed by atoms with van der Waals surface area (Å²) in [6, 6.07) is 6.77. The maximum atomic E-state index is 12.3. The Balaban J connectivity index is 2.68. The van der Waals surface area contributed by atoms with Gasteiger partial charge in [-0.25, -0.2) is 4.79 Å². The van der Waals surface area contributed by atoms with Gasteiger partial charge in [0.05, 0.1) is 19.2 Å². The lowest BCUT2D eigenvalue weighted by Gasteiger charge is -2.25. The van der Waals surface area contributed by atoms with Crippen molar-refractivity contribution < 1.29 is 14.3 Å². The zero-order chi connectivity index (χ0) is 17.4. The molecular formula is C18H28N2O3. The van der Waals surface area contributed by atoms with E-state index in [1.165, 1.54) is 7.11 Å². The maximum Gasteiger partial charge on any atom is 0.337 e. The lowest BCUT2D eigenvalue weighted by molar-refractivity contribution is -0.117. The van der Waals surface area contributed by atoms with Gasteiger partial charge in [-0.05, 0) is 30.0 Å². The van der Waals surface area contributed by atoms with Crippen LogP contribution in [0.25, 0.3) is 0 Å². The van der Waals surface area contributed by atoms with Crippen LogP contribution < -0.4 is 5.32 Å². The molecule has 0 atom stereocenters. The average Bonchev–Trinajstić information content (AvgIpc) is 2.45. The second-order valence-electron chi connectivity index (χ2n) is 6.60. The van der Waals surface area contributed by atoms with Crippen molar-refractivity contribution in [3.63, 3.8) is 0 Å². The molecule has 0 aliphatic carbocycles. The number of methoxy groups -OCH3 is 1. The summed E-state index contributed by atoms with van der Waals surface area (Å²) in [5, 5.41) is 2.85. The van der Waals surface area contributed by atoms with Crippen LogP contribution in [0.4, 0.5) is 5.69 Å². The Bertz CT molecular complexity index is 517. The lowest BCUT2D eigenvalue weighted by atomic mass is 10.1. The van der Waals surface area contributed by atoms with Crippen molar-refractivity contribution in [3.8, 4) is 0 Å². The first-order valence-corrected chi connectivity index (χ1v) is 8.02. The summed E-state index contributed by atoms with van der Waals surface area (Å²) in [4.78, 5) is 26.0. The molecule has 1 aromatic carbocycles. The summed E-state index contributed by atoms with van der Waals surface area (Å²) in [5.74, 6) is 0.518. The largest absolute Gasteiger partial charge is 0.465 e. The van der Waals surface area contributed by atoms with Crippen LogP contribution in [-0.2, 0) is 9.53 Å². The fraction of sp³-hybridized carbons (Fsp3) is 0.556. The first-order chi connectivity index (χ1) is 10.8. The van der Waals surface area contributed by atoms with E-state index in [1.807, 2.05) is 0 Å². The highest BCUT2D eigenvalue weighted by molar-refractivity contribution is 5.95. The van der Waals surface area contributed by atoms with Gasteiger partial charge in [-0.2, -0.15) is 0 Å². The van der Waals surface area contributed by atoms with Crippen LogP contribution in [0.1, 0.15) is 38.1 Å². The number of nitrogens with one attached hydrogen (secondary N) is 1. The van der Waals surface area contributed by atoms with Gasteiger partial charge in [0.15, 0.2) is 0 Å². The Morgan fingerprint density at radius 3 is 2.26 bits per heavy atom. The van der Waals surface area contributed by atoms with Gasteiger partial charge in [0, 0.05) is 18.8 Å². The highest BCUT2D eigenvalue weighted by Crippen LogP contribution is 2.12. The Morgan fingerprint density at radius 2 is 1.74 bits per heavy atom. The van der Waals surface area contributed by atoms with E-state index in [1.54, 1.807) is 24.3 Å². The van der Waals surface area contributed by atoms with E-state index in [4.69, 9.17) is 0 Å². The minimum atomic E-state index is -0.414. The van der Waals surface area contributed by atoms with E-state index >= 15 is 0 Å². The van der Waals surface area contributed by atoms with Crippen molar-refractivity contribution in [2.24, 2.45) is 11.8 Å². The number of anilines is 1. The summed E-state index contributed by atoms with van der Waals surface area (Å²) < 4.78 is 4.69. The highest BCUT2D eigenvalue weighted by Gasteiger charge is 2.14. The van der Waals surface area contributed by atoms with Crippen molar-refractivity contribution in [3.05, 3.63) is 29.8 Å². The molecule has 0 aliphatic rings. The third-order valence-electron chi connectivity index (χ3n) is 3.18. The number of amides is 1. The number of nitrogens with zero attached hydrogens (tertiary/aromatic N) is 1. The number of carbonyl (C=O) groups excluding carboxylic acids is 2. The van der Waals surface area contributed by atoms with E-state index in [9.17, 15) is 9.59 Å². The highest BCUT2D eigenvalue weighted by atomic mass is 16.5. The first-order valence-electron chi connectivity index (χ1n) is 8.02. The molecule has 1 aromatic rings. The van der Waals surface area contributed by atoms with E-state index in [0.717, 1.165) is 13.1 Å². The number of carbonyl (C=O) groups is 2. The average molecular weight is 320 g/mol. The van der Waals surface area contributed by atoms with Crippen LogP contribution in [0.5, 0.6) is 0 Å². The third-order valence-corrected chi connectivity index (χ3v) is 3.18. The number of esters is 1. The molecule has 0 spiro atoms. The van der Waals surface area contributed by atoms with Crippen LogP contribution >= 0.6 is 0 Å². The molecule has 23 heavy (non-hydrogen) atoms. The van der Waals surface area contributed by atoms with Crippen LogP contribution in [0.3, 0.4) is 0 Å². The Kier molecular flexibility index (Phi) is 7.75. The Labute approximate surface area is 139 Å². The van der Waals surface area contributed by atoms with Crippen molar-refractivity contribution in [1.82, 2.24) is 4.90 Å². The molecule has 0 saturated carbocycles. The van der Waals surface area contributed by atoms with Gasteiger partial charge in [-0.15, -0.1) is 0 Å². The van der Waals surface area contributed by atoms with Gasteiger partial charge in [0.2, 0.25) is 5.91 Å². The third kappa shape index (κ3) is 7.28. The van der Waals surface area contributed by atoms with Gasteiger partial charge in [0.1, 0.15) is 0 Å². The fourth-order valence-electron chi connectivity index (χ4n) is 2.48. The van der Waals surface area contributed by atoms with Crippen LogP contribution in [-0.4, -0.2) is 43.5 Å². The van der Waals surface area contributed by atoms with Crippen LogP contribution in [0.2, 0.25) is 0 Å². The van der Waals surface area contributed by atoms with E-state index < -0.39 is 5.97 Å². The zero-order valence-corrected chi connectivity index (χ0v) is 14.8. The molecule has 1 amide bonds. The molecule has 0 heterocycles. The van der Waals surface area contributed by atoms with Gasteiger partial charge < -0.3 is 10.1 Å². The number of hydrogen-bond donors (Lipinski definition) is 1. The zero-order valence-electron chi connectivity index (χ0n) is 14.8. The second kappa shape index (κ2) is 9.30. The van der Waals surface area contributed by atoms with Gasteiger partial charge in [-0.1, -0.05) is 33.8 Å². The molecule has 1 N–H and O–H groups in total. The van der Waals surface area contributed by atoms with Crippen LogP contribution in [0, 0.1) is 11.8 Å². The van der Waals surface area contributed by atoms with Crippen molar-refractivity contribution in [2.45, 2.75) is 27.7 Å². The predicted octanol–water partition coefficient (Wildman–Crippen LogP) is 3.03. The SMILES string of the molecule is COC(=O)c1cccc(NC(=O)CN(CC(C)C)CC(C)C)c1. The second-order valence-corrected chi connectivity index (χ2v) is 6.60. The van der Waals surface area contributed by atoms with E-state index in [2.05, 4.69) is 42.6 Å². The quantitative estimate of drug-likeness (QED) is 0.748. The van der Waals surface area contributed by atoms with E-state index in [0.29, 0.717) is 29.6 Å². The van der Waals surface area contributed by atoms with Crippen molar-refractivity contribution >= 4 is 17.6 Å². The fourth-order valence-corrected chi connectivity index (χ4v) is 2.48. The smallest absolute Gasteiger partial charge is 0.337 e. The predicted molar refractivity (Wildman–Crippen MR) is 92.5 cm³/mol. The van der Waals surface area contributed by atoms with E-state index in [-0.39, 0.29) is 5.91 Å². The Morgan fingerprint density at radius 1 is 1.13 bits per heavy atom. The van der Waals surface area contributed by atoms with Gasteiger partial charge in [-0.3, -0.25) is 9.69 Å². The van der Waals surface area contributed by atoms with Gasteiger partial charge >= 0.3 is 5.97 Å². The molecule has 5 nitrogen and oxygen atoms in total. The number of hydrogen-bond acceptors (Lipinski definition) is 4. The van der Waals surface area contributed by atoms with Crippen molar-refractivity contribution in [1.29, 1.82) is 0 Å². The summed E-state index contributed by atoms with van der Waals surface area (Å²) >= 11 is 0. The lowest BCUT2D eigenvalue weighted by Crippen LogP contribution is -2.38. The molecule has 0 saturated heterocycles. The Hall–Kier alpha value is -1.88. The number of benzene rings is 1. The minimum absolute atomic E-state index is 0.0756. The first kappa shape index (κ1) is 19.2. The maximum absolute atomic E-state index is 12.3. The molecule has 0 aromatic heterocycles. The van der Waals surface area contributed by atoms with Crippen LogP contribution in [0.15, 0.2) is 24.3 Å². The summed E-state index contributed by atoms with van der Waals surface area (Å²) in [6.45, 7) is 10.7. The standard InChI is InChI=1S/C18H28N2O3/c1-13(2)10-20(11-14(3)4)12-17(21)19-16-8-6-7-15(9-16)18(22)23-5/h6-9,13-14H,10-12H2,1-5H3,(H,19,21). The minimum Gasteiger partial charge on any atom is -0.465 e. The number of rotatable bonds is 8. The summed E-state index contributed by atoms with van der Waals surface area (Å²) in [6.07, 6.45) is 0.